The summed E-state index contributed by atoms with van der Waals surface area (Å²) in [7, 11) is 0. The van der Waals surface area contributed by atoms with Gasteiger partial charge in [0, 0.05) is 43.1 Å². The third-order valence-corrected chi connectivity index (χ3v) is 7.33. The molecule has 3 aromatic carbocycles. The fourth-order valence-corrected chi connectivity index (χ4v) is 5.30. The first-order valence-electron chi connectivity index (χ1n) is 12.3. The minimum Gasteiger partial charge on any atom is -0.355 e. The molecule has 9 heteroatoms. The number of thioether (sulfide) groups is 1. The number of fused-ring (bicyclic) bond motifs is 2. The normalized spacial score (nSPS) is 13.8. The summed E-state index contributed by atoms with van der Waals surface area (Å²) in [6.45, 7) is 1.45. The molecule has 0 aliphatic carbocycles. The highest BCUT2D eigenvalue weighted by atomic mass is 35.5. The number of nitrogens with zero attached hydrogens (tertiary/aromatic N) is 1. The molecule has 196 valence electrons. The van der Waals surface area contributed by atoms with Gasteiger partial charge in [0.05, 0.1) is 11.6 Å². The Morgan fingerprint density at radius 2 is 1.76 bits per heavy atom. The van der Waals surface area contributed by atoms with Crippen molar-refractivity contribution in [3.8, 4) is 0 Å². The zero-order valence-electron chi connectivity index (χ0n) is 20.7. The molecule has 0 saturated carbocycles. The molecule has 0 spiro atoms. The van der Waals surface area contributed by atoms with Gasteiger partial charge in [0.2, 0.25) is 17.7 Å². The maximum absolute atomic E-state index is 13.0. The largest absolute Gasteiger partial charge is 0.355 e. The summed E-state index contributed by atoms with van der Waals surface area (Å²) in [5.41, 5.74) is 7.26. The second kappa shape index (κ2) is 14.0. The molecule has 0 bridgehead atoms. The number of nitrogens with one attached hydrogen (secondary N) is 2. The smallest absolute Gasteiger partial charge is 0.229 e. The van der Waals surface area contributed by atoms with Crippen LogP contribution in [-0.2, 0) is 14.4 Å². The Labute approximate surface area is 228 Å². The molecule has 0 fully saturated rings. The van der Waals surface area contributed by atoms with Crippen molar-refractivity contribution in [3.05, 3.63) is 72.3 Å². The lowest BCUT2D eigenvalue weighted by atomic mass is 9.95. The molecule has 1 aliphatic rings. The third kappa shape index (κ3) is 7.47. The predicted octanol–water partition coefficient (Wildman–Crippen LogP) is 3.85. The predicted molar refractivity (Wildman–Crippen MR) is 152 cm³/mol. The van der Waals surface area contributed by atoms with Crippen LogP contribution >= 0.6 is 24.2 Å². The van der Waals surface area contributed by atoms with E-state index in [0.717, 1.165) is 32.7 Å². The Hall–Kier alpha value is -3.07. The van der Waals surface area contributed by atoms with E-state index >= 15 is 0 Å². The monoisotopic (exact) mass is 540 g/mol. The van der Waals surface area contributed by atoms with Crippen LogP contribution in [0.4, 0.5) is 5.69 Å². The molecule has 4 N–H and O–H groups in total. The fourth-order valence-electron chi connectivity index (χ4n) is 4.31. The van der Waals surface area contributed by atoms with Crippen LogP contribution in [0.25, 0.3) is 10.8 Å². The number of carbonyl (C=O) groups excluding carboxylic acids is 3. The molecule has 7 nitrogen and oxygen atoms in total. The van der Waals surface area contributed by atoms with E-state index in [2.05, 4.69) is 10.6 Å². The Morgan fingerprint density at radius 1 is 1.00 bits per heavy atom. The number of carbonyl (C=O) groups is 3. The highest BCUT2D eigenvalue weighted by Gasteiger charge is 2.24. The Bertz CT molecular complexity index is 1240. The van der Waals surface area contributed by atoms with Crippen LogP contribution in [0.5, 0.6) is 0 Å². The van der Waals surface area contributed by atoms with Crippen LogP contribution in [-0.4, -0.2) is 49.7 Å². The SMILES string of the molecule is Cl.NCCCNC(=O)[C@@H](CNC(=O)CCN1C(=O)CCSc2ccccc21)c1ccc2ccccc2c1. The van der Waals surface area contributed by atoms with Gasteiger partial charge in [-0.3, -0.25) is 14.4 Å². The van der Waals surface area contributed by atoms with Crippen molar-refractivity contribution in [2.75, 3.05) is 36.8 Å². The van der Waals surface area contributed by atoms with Gasteiger partial charge in [-0.1, -0.05) is 54.6 Å². The molecular weight excluding hydrogens is 508 g/mol. The summed E-state index contributed by atoms with van der Waals surface area (Å²) in [6, 6.07) is 21.7. The molecule has 1 atom stereocenters. The standard InChI is InChI=1S/C28H32N4O3S.ClH/c29-14-5-15-30-28(35)23(22-11-10-20-6-1-2-7-21(20)18-22)19-31-26(33)12-16-32-24-8-3-4-9-25(24)36-17-13-27(32)34;/h1-4,6-11,18,23H,5,12-17,19,29H2,(H,30,35)(H,31,33);1H/t23-;/m0./s1. The molecular formula is C28H33ClN4O3S. The molecule has 0 unspecified atom stereocenters. The first kappa shape index (κ1) is 28.5. The summed E-state index contributed by atoms with van der Waals surface area (Å²) < 4.78 is 0. The fraction of sp³-hybridized carbons (Fsp3) is 0.321. The molecule has 0 aromatic heterocycles. The van der Waals surface area contributed by atoms with Gasteiger partial charge in [0.25, 0.3) is 0 Å². The van der Waals surface area contributed by atoms with E-state index in [1.807, 2.05) is 66.7 Å². The quantitative estimate of drug-likeness (QED) is 0.339. The minimum absolute atomic E-state index is 0. The number of hydrogen-bond acceptors (Lipinski definition) is 5. The van der Waals surface area contributed by atoms with Gasteiger partial charge in [-0.05, 0) is 41.4 Å². The van der Waals surface area contributed by atoms with E-state index in [1.54, 1.807) is 16.7 Å². The van der Waals surface area contributed by atoms with Crippen LogP contribution in [0.15, 0.2) is 71.6 Å². The van der Waals surface area contributed by atoms with E-state index in [9.17, 15) is 14.4 Å². The number of nitrogens with two attached hydrogens (primary N) is 1. The van der Waals surface area contributed by atoms with Crippen LogP contribution in [0.1, 0.15) is 30.7 Å². The van der Waals surface area contributed by atoms with Crippen LogP contribution in [0.3, 0.4) is 0 Å². The lowest BCUT2D eigenvalue weighted by Crippen LogP contribution is -2.39. The van der Waals surface area contributed by atoms with Crippen molar-refractivity contribution in [2.24, 2.45) is 5.73 Å². The summed E-state index contributed by atoms with van der Waals surface area (Å²) in [6.07, 6.45) is 1.28. The molecule has 3 amide bonds. The topological polar surface area (TPSA) is 105 Å². The number of hydrogen-bond donors (Lipinski definition) is 3. The van der Waals surface area contributed by atoms with Gasteiger partial charge >= 0.3 is 0 Å². The van der Waals surface area contributed by atoms with Crippen molar-refractivity contribution in [2.45, 2.75) is 30.1 Å². The molecule has 0 saturated heterocycles. The number of rotatable bonds is 10. The Kier molecular flexibility index (Phi) is 10.8. The zero-order chi connectivity index (χ0) is 25.3. The van der Waals surface area contributed by atoms with Gasteiger partial charge in [-0.2, -0.15) is 0 Å². The van der Waals surface area contributed by atoms with Gasteiger partial charge in [-0.15, -0.1) is 24.2 Å². The van der Waals surface area contributed by atoms with Crippen molar-refractivity contribution in [3.63, 3.8) is 0 Å². The number of benzene rings is 3. The lowest BCUT2D eigenvalue weighted by molar-refractivity contribution is -0.123. The second-order valence-electron chi connectivity index (χ2n) is 8.76. The molecule has 37 heavy (non-hydrogen) atoms. The first-order chi connectivity index (χ1) is 17.6. The molecule has 1 aliphatic heterocycles. The Morgan fingerprint density at radius 3 is 2.57 bits per heavy atom. The lowest BCUT2D eigenvalue weighted by Gasteiger charge is -2.23. The molecule has 1 heterocycles. The first-order valence-corrected chi connectivity index (χ1v) is 13.3. The van der Waals surface area contributed by atoms with Crippen molar-refractivity contribution in [1.29, 1.82) is 0 Å². The van der Waals surface area contributed by atoms with E-state index in [0.29, 0.717) is 32.5 Å². The van der Waals surface area contributed by atoms with Crippen molar-refractivity contribution in [1.82, 2.24) is 10.6 Å². The average molecular weight is 541 g/mol. The second-order valence-corrected chi connectivity index (χ2v) is 9.89. The average Bonchev–Trinajstić information content (AvgIpc) is 3.05. The van der Waals surface area contributed by atoms with Crippen LogP contribution in [0, 0.1) is 0 Å². The maximum atomic E-state index is 13.0. The van der Waals surface area contributed by atoms with E-state index in [-0.39, 0.29) is 43.1 Å². The van der Waals surface area contributed by atoms with E-state index < -0.39 is 5.92 Å². The van der Waals surface area contributed by atoms with Crippen LogP contribution in [0.2, 0.25) is 0 Å². The third-order valence-electron chi connectivity index (χ3n) is 6.27. The van der Waals surface area contributed by atoms with Gasteiger partial charge in [0.15, 0.2) is 0 Å². The summed E-state index contributed by atoms with van der Waals surface area (Å²) in [5.74, 6) is -0.127. The summed E-state index contributed by atoms with van der Waals surface area (Å²) in [5, 5.41) is 7.99. The number of anilines is 1. The molecule has 3 aromatic rings. The molecule has 4 rings (SSSR count). The summed E-state index contributed by atoms with van der Waals surface area (Å²) >= 11 is 1.66. The van der Waals surface area contributed by atoms with E-state index in [1.165, 1.54) is 0 Å². The van der Waals surface area contributed by atoms with E-state index in [4.69, 9.17) is 5.73 Å². The van der Waals surface area contributed by atoms with Crippen molar-refractivity contribution >= 4 is 58.4 Å². The highest BCUT2D eigenvalue weighted by molar-refractivity contribution is 7.99. The summed E-state index contributed by atoms with van der Waals surface area (Å²) in [4.78, 5) is 41.3. The maximum Gasteiger partial charge on any atom is 0.229 e. The minimum atomic E-state index is -0.534. The Balaban J connectivity index is 0.00000380. The highest BCUT2D eigenvalue weighted by Crippen LogP contribution is 2.34. The number of para-hydroxylation sites is 1. The van der Waals surface area contributed by atoms with Crippen LogP contribution < -0.4 is 21.3 Å². The molecule has 0 radical (unpaired) electrons. The van der Waals surface area contributed by atoms with Gasteiger partial charge in [-0.25, -0.2) is 0 Å². The van der Waals surface area contributed by atoms with Gasteiger partial charge in [0.1, 0.15) is 0 Å². The number of halogens is 1. The van der Waals surface area contributed by atoms with Crippen molar-refractivity contribution < 1.29 is 14.4 Å². The zero-order valence-corrected chi connectivity index (χ0v) is 22.3. The number of amides is 3. The van der Waals surface area contributed by atoms with Gasteiger partial charge < -0.3 is 21.3 Å².